The zero-order chi connectivity index (χ0) is 58.2. The second-order valence-corrected chi connectivity index (χ2v) is 22.7. The van der Waals surface area contributed by atoms with Gasteiger partial charge in [0.05, 0.1) is 26.4 Å². The minimum atomic E-state index is -4.92. The second kappa shape index (κ2) is 55.3. The Hall–Kier alpha value is -3.27. The standard InChI is InChI=1S/C61H106O16P2/c1-4-7-10-13-16-19-22-25-26-27-28-31-33-35-38-41-44-47-59(64)71-50-56(62)51-73-78(67,68)74-52-57(63)53-75-79(69,70)76-55-58(77-61(66)49-46-43-40-37-34-30-24-21-18-15-12-9-6-3)54-72-60(65)48-45-42-39-36-32-29-23-20-17-14-11-8-5-2/h7,10,16,19-21,23-26,28,31,35,38,56-58,62-63H,4-6,8-9,11-15,17-18,22,27,29-30,32-34,36-37,39-55H2,1-3H3,(H,67,68)(H,69,70)/b10-7-,19-16-,23-20-,24-21-,26-25-,31-28-,38-35-. The van der Waals surface area contributed by atoms with E-state index in [4.69, 9.17) is 32.3 Å². The van der Waals surface area contributed by atoms with Crippen molar-refractivity contribution in [1.82, 2.24) is 0 Å². The lowest BCUT2D eigenvalue weighted by atomic mass is 10.1. The highest BCUT2D eigenvalue weighted by Crippen LogP contribution is 2.45. The molecule has 0 aromatic heterocycles. The minimum absolute atomic E-state index is 0.0919. The fourth-order valence-corrected chi connectivity index (χ4v) is 9.06. The Kier molecular flexibility index (Phi) is 53.0. The summed E-state index contributed by atoms with van der Waals surface area (Å²) in [4.78, 5) is 58.0. The highest BCUT2D eigenvalue weighted by molar-refractivity contribution is 7.47. The van der Waals surface area contributed by atoms with E-state index in [1.54, 1.807) is 0 Å². The van der Waals surface area contributed by atoms with Crippen LogP contribution in [0.2, 0.25) is 0 Å². The first-order chi connectivity index (χ1) is 38.2. The van der Waals surface area contributed by atoms with Gasteiger partial charge >= 0.3 is 33.6 Å². The average Bonchev–Trinajstić information content (AvgIpc) is 3.42. The molecule has 456 valence electrons. The van der Waals surface area contributed by atoms with Crippen molar-refractivity contribution in [2.24, 2.45) is 0 Å². The predicted octanol–water partition coefficient (Wildman–Crippen LogP) is 15.4. The van der Waals surface area contributed by atoms with Gasteiger partial charge in [0.25, 0.3) is 0 Å². The molecule has 5 unspecified atom stereocenters. The van der Waals surface area contributed by atoms with Crippen molar-refractivity contribution in [3.8, 4) is 0 Å². The van der Waals surface area contributed by atoms with E-state index in [0.717, 1.165) is 109 Å². The number of esters is 3. The molecule has 0 rings (SSSR count). The molecule has 18 heteroatoms. The molecule has 4 N–H and O–H groups in total. The highest BCUT2D eigenvalue weighted by atomic mass is 31.2. The summed E-state index contributed by atoms with van der Waals surface area (Å²) < 4.78 is 60.5. The fraction of sp³-hybridized carbons (Fsp3) is 0.721. The molecule has 0 heterocycles. The number of aliphatic hydroxyl groups excluding tert-OH is 2. The van der Waals surface area contributed by atoms with Crippen LogP contribution >= 0.6 is 15.6 Å². The molecule has 0 aliphatic rings. The molecule has 79 heavy (non-hydrogen) atoms. The molecule has 0 aromatic rings. The van der Waals surface area contributed by atoms with Gasteiger partial charge in [-0.15, -0.1) is 0 Å². The van der Waals surface area contributed by atoms with Gasteiger partial charge in [0.2, 0.25) is 0 Å². The molecule has 0 saturated carbocycles. The van der Waals surface area contributed by atoms with E-state index in [1.807, 2.05) is 12.2 Å². The lowest BCUT2D eigenvalue weighted by Crippen LogP contribution is -2.30. The summed E-state index contributed by atoms with van der Waals surface area (Å²) >= 11 is 0. The maximum absolute atomic E-state index is 12.8. The summed E-state index contributed by atoms with van der Waals surface area (Å²) in [5.74, 6) is -1.65. The van der Waals surface area contributed by atoms with Gasteiger partial charge in [-0.2, -0.15) is 0 Å². The van der Waals surface area contributed by atoms with Crippen LogP contribution in [0.3, 0.4) is 0 Å². The summed E-state index contributed by atoms with van der Waals surface area (Å²) in [6.45, 7) is 2.40. The van der Waals surface area contributed by atoms with E-state index in [9.17, 15) is 43.5 Å². The van der Waals surface area contributed by atoms with Gasteiger partial charge in [-0.25, -0.2) is 9.13 Å². The number of phosphoric ester groups is 2. The number of aliphatic hydroxyl groups is 2. The van der Waals surface area contributed by atoms with Crippen LogP contribution < -0.4 is 0 Å². The van der Waals surface area contributed by atoms with Crippen molar-refractivity contribution in [2.45, 2.75) is 245 Å². The van der Waals surface area contributed by atoms with Gasteiger partial charge in [-0.3, -0.25) is 32.5 Å². The number of hydrogen-bond acceptors (Lipinski definition) is 14. The Balaban J connectivity index is 4.72. The zero-order valence-corrected chi connectivity index (χ0v) is 50.6. The van der Waals surface area contributed by atoms with Gasteiger partial charge in [-0.1, -0.05) is 183 Å². The number of ether oxygens (including phenoxy) is 3. The highest BCUT2D eigenvalue weighted by Gasteiger charge is 2.29. The van der Waals surface area contributed by atoms with Crippen molar-refractivity contribution in [2.75, 3.05) is 39.6 Å². The molecule has 0 amide bonds. The Morgan fingerprint density at radius 3 is 1.13 bits per heavy atom. The molecule has 0 bridgehead atoms. The predicted molar refractivity (Wildman–Crippen MR) is 316 cm³/mol. The molecular formula is C61H106O16P2. The van der Waals surface area contributed by atoms with Crippen LogP contribution in [-0.4, -0.2) is 95.9 Å². The first-order valence-corrected chi connectivity index (χ1v) is 32.9. The fourth-order valence-electron chi connectivity index (χ4n) is 7.48. The van der Waals surface area contributed by atoms with E-state index in [2.05, 4.69) is 93.7 Å². The van der Waals surface area contributed by atoms with E-state index in [1.165, 1.54) is 51.4 Å². The number of carbonyl (C=O) groups excluding carboxylic acids is 3. The molecular weight excluding hydrogens is 1050 g/mol. The molecule has 16 nitrogen and oxygen atoms in total. The zero-order valence-electron chi connectivity index (χ0n) is 48.8. The quantitative estimate of drug-likeness (QED) is 0.0146. The Morgan fingerprint density at radius 1 is 0.367 bits per heavy atom. The topological polar surface area (TPSA) is 231 Å². The van der Waals surface area contributed by atoms with Crippen molar-refractivity contribution in [3.63, 3.8) is 0 Å². The number of allylic oxidation sites excluding steroid dienone is 14. The number of phosphoric acid groups is 2. The maximum Gasteiger partial charge on any atom is 0.472 e. The van der Waals surface area contributed by atoms with Gasteiger partial charge in [-0.05, 0) is 109 Å². The van der Waals surface area contributed by atoms with E-state index in [-0.39, 0.29) is 19.3 Å². The van der Waals surface area contributed by atoms with Gasteiger partial charge < -0.3 is 34.2 Å². The largest absolute Gasteiger partial charge is 0.472 e. The smallest absolute Gasteiger partial charge is 0.463 e. The van der Waals surface area contributed by atoms with Crippen molar-refractivity contribution in [1.29, 1.82) is 0 Å². The second-order valence-electron chi connectivity index (χ2n) is 19.8. The first kappa shape index (κ1) is 75.7. The number of hydrogen-bond donors (Lipinski definition) is 4. The molecule has 0 radical (unpaired) electrons. The molecule has 5 atom stereocenters. The Morgan fingerprint density at radius 2 is 0.684 bits per heavy atom. The van der Waals surface area contributed by atoms with Gasteiger partial charge in [0.1, 0.15) is 25.4 Å². The SMILES string of the molecule is CC/C=C\C/C=C\C/C=C\C/C=C\C/C=C\CCCC(=O)OCC(O)COP(=O)(O)OCC(O)COP(=O)(O)OCC(COC(=O)CCCCCCC/C=C\CCCCCC)OC(=O)CCCCCCC/C=C\CCCCCC. The van der Waals surface area contributed by atoms with Crippen LogP contribution in [0, 0.1) is 0 Å². The normalized spacial score (nSPS) is 15.1. The molecule has 0 spiro atoms. The summed E-state index contributed by atoms with van der Waals surface area (Å²) in [5.41, 5.74) is 0. The van der Waals surface area contributed by atoms with E-state index >= 15 is 0 Å². The maximum atomic E-state index is 12.8. The van der Waals surface area contributed by atoms with Crippen molar-refractivity contribution in [3.05, 3.63) is 85.1 Å². The lowest BCUT2D eigenvalue weighted by molar-refractivity contribution is -0.161. The molecule has 0 saturated heterocycles. The van der Waals surface area contributed by atoms with E-state index in [0.29, 0.717) is 25.7 Å². The van der Waals surface area contributed by atoms with Crippen LogP contribution in [0.4, 0.5) is 0 Å². The first-order valence-electron chi connectivity index (χ1n) is 29.9. The van der Waals surface area contributed by atoms with Crippen LogP contribution in [0.25, 0.3) is 0 Å². The van der Waals surface area contributed by atoms with Crippen LogP contribution in [0.5, 0.6) is 0 Å². The van der Waals surface area contributed by atoms with Gasteiger partial charge in [0.15, 0.2) is 6.10 Å². The monoisotopic (exact) mass is 1160 g/mol. The number of carbonyl (C=O) groups is 3. The third kappa shape index (κ3) is 56.4. The van der Waals surface area contributed by atoms with Crippen molar-refractivity contribution < 1.29 is 75.8 Å². The lowest BCUT2D eigenvalue weighted by Gasteiger charge is -2.21. The molecule has 0 aliphatic carbocycles. The number of unbranched alkanes of at least 4 members (excludes halogenated alkanes) is 19. The average molecular weight is 1160 g/mol. The Bertz CT molecular complexity index is 1790. The van der Waals surface area contributed by atoms with E-state index < -0.39 is 91.5 Å². The van der Waals surface area contributed by atoms with Crippen LogP contribution in [-0.2, 0) is 55.8 Å². The van der Waals surface area contributed by atoms with Crippen LogP contribution in [0.1, 0.15) is 226 Å². The molecule has 0 fully saturated rings. The summed E-state index contributed by atoms with van der Waals surface area (Å²) in [6.07, 6.45) is 55.2. The third-order valence-corrected chi connectivity index (χ3v) is 14.0. The summed E-state index contributed by atoms with van der Waals surface area (Å²) in [6, 6.07) is 0. The molecule has 0 aliphatic heterocycles. The summed E-state index contributed by atoms with van der Waals surface area (Å²) in [5, 5.41) is 20.4. The Labute approximate surface area is 476 Å². The minimum Gasteiger partial charge on any atom is -0.463 e. The van der Waals surface area contributed by atoms with Crippen LogP contribution in [0.15, 0.2) is 85.1 Å². The number of rotatable bonds is 56. The third-order valence-electron chi connectivity index (χ3n) is 12.1. The van der Waals surface area contributed by atoms with Gasteiger partial charge in [0, 0.05) is 19.3 Å². The molecule has 0 aromatic carbocycles. The summed E-state index contributed by atoms with van der Waals surface area (Å²) in [7, 11) is -9.77. The van der Waals surface area contributed by atoms with Crippen molar-refractivity contribution >= 4 is 33.6 Å².